The van der Waals surface area contributed by atoms with Crippen LogP contribution < -0.4 is 0 Å². The predicted octanol–water partition coefficient (Wildman–Crippen LogP) is 27.9. The van der Waals surface area contributed by atoms with E-state index in [-0.39, 0.29) is 0 Å². The Hall–Kier alpha value is 0. The summed E-state index contributed by atoms with van der Waals surface area (Å²) < 4.78 is 0. The molecule has 0 aliphatic heterocycles. The average Bonchev–Trinajstić information content (AvgIpc) is 2.52. The molecule has 490 valence electrons. The molecule has 0 saturated heterocycles. The van der Waals surface area contributed by atoms with E-state index in [1.165, 1.54) is 180 Å². The zero-order valence-electron chi connectivity index (χ0n) is 60.6. The number of hydrogen-bond acceptors (Lipinski definition) is 0. The second kappa shape index (κ2) is 30.2. The largest absolute Gasteiger partial charge is 0.0625 e. The van der Waals surface area contributed by atoms with Crippen molar-refractivity contribution in [2.45, 2.75) is 406 Å². The summed E-state index contributed by atoms with van der Waals surface area (Å²) in [6.07, 6.45) is 70.6. The van der Waals surface area contributed by atoms with Gasteiger partial charge in [0.05, 0.1) is 0 Å². The monoisotopic (exact) mass is 1160 g/mol. The van der Waals surface area contributed by atoms with Gasteiger partial charge in [0.25, 0.3) is 0 Å². The smallest absolute Gasteiger partial charge is 0.0269 e. The van der Waals surface area contributed by atoms with E-state index < -0.39 is 0 Å². The molecule has 14 saturated carbocycles. The quantitative estimate of drug-likeness (QED) is 0.249. The number of hydrogen-bond donors (Lipinski definition) is 0. The molecule has 14 aliphatic carbocycles. The molecule has 0 amide bonds. The molecule has 0 N–H and O–H groups in total. The van der Waals surface area contributed by atoms with Crippen LogP contribution in [0.1, 0.15) is 406 Å². The second-order valence-corrected chi connectivity index (χ2v) is 39.1. The van der Waals surface area contributed by atoms with Gasteiger partial charge in [0.1, 0.15) is 0 Å². The van der Waals surface area contributed by atoms with Crippen molar-refractivity contribution in [1.29, 1.82) is 0 Å². The Bertz CT molecular complexity index is 1810. The summed E-state index contributed by atoms with van der Waals surface area (Å²) in [6, 6.07) is 0. The van der Waals surface area contributed by atoms with Crippen LogP contribution in [0.5, 0.6) is 0 Å². The predicted molar refractivity (Wildman–Crippen MR) is 371 cm³/mol. The molecule has 0 aromatic carbocycles. The van der Waals surface area contributed by atoms with Crippen LogP contribution in [0, 0.1) is 126 Å². The van der Waals surface area contributed by atoms with Crippen molar-refractivity contribution in [3.8, 4) is 0 Å². The first-order valence-corrected chi connectivity index (χ1v) is 39.7. The highest BCUT2D eigenvalue weighted by molar-refractivity contribution is 5.04. The first-order valence-electron chi connectivity index (χ1n) is 39.7. The molecule has 0 heterocycles. The lowest BCUT2D eigenvalue weighted by atomic mass is 9.58. The van der Waals surface area contributed by atoms with E-state index in [1.807, 2.05) is 0 Å². The standard InChI is InChI=1S/2C14H26.2C12H22.2C11H20.C10H18/c1-12(2)13-6-10-14(11-7-13)8-4-3-5-9-14;1-12(2)13-7-6-10-14(11-13)8-4-3-5-9-14;1-10(2)11-4-8-12(9-5-11)6-3-7-12;1-12(2,3)11-7-9-4-5-10(6-9)8-11;1-9(2)11-6-4-10(3,8-11)5-7-11;1-9(2)10-3-5-11(6-4-10)7-8-11;1-8(2)10-5-3-9(7-10)4-6-10/h2*12-13H,3-11H2,1-2H3;10-11H,3-9H2,1-2H3;9-11H,4-8H2,1-3H3;9H,4-8H2,1-3H3;9-10H,3-8H2,1-2H3;8-9H,3-7H2,1-2H3. The van der Waals surface area contributed by atoms with Crippen molar-refractivity contribution in [3.05, 3.63) is 0 Å². The zero-order valence-corrected chi connectivity index (χ0v) is 60.6. The van der Waals surface area contributed by atoms with E-state index >= 15 is 0 Å². The summed E-state index contributed by atoms with van der Waals surface area (Å²) in [5, 5.41) is 0. The molecule has 6 bridgehead atoms. The molecule has 14 aliphatic rings. The minimum Gasteiger partial charge on any atom is -0.0625 e. The van der Waals surface area contributed by atoms with Crippen molar-refractivity contribution in [2.24, 2.45) is 126 Å². The summed E-state index contributed by atoms with van der Waals surface area (Å²) in [6.45, 7) is 38.6. The number of rotatable bonds is 6. The summed E-state index contributed by atoms with van der Waals surface area (Å²) in [5.41, 5.74) is 6.30. The Morgan fingerprint density at radius 1 is 0.286 bits per heavy atom. The van der Waals surface area contributed by atoms with Gasteiger partial charge < -0.3 is 0 Å². The summed E-state index contributed by atoms with van der Waals surface area (Å²) in [4.78, 5) is 0. The second-order valence-electron chi connectivity index (χ2n) is 39.1. The van der Waals surface area contributed by atoms with E-state index in [9.17, 15) is 0 Å². The molecule has 3 unspecified atom stereocenters. The number of fused-ring (bicyclic) bond motifs is 6. The highest BCUT2D eigenvalue weighted by Crippen LogP contribution is 2.65. The van der Waals surface area contributed by atoms with Crippen LogP contribution in [-0.2, 0) is 0 Å². The third-order valence-corrected chi connectivity index (χ3v) is 30.8. The molecular weight excluding hydrogens is 1010 g/mol. The third kappa shape index (κ3) is 18.8. The Kier molecular flexibility index (Phi) is 25.1. The fourth-order valence-corrected chi connectivity index (χ4v) is 22.8. The maximum absolute atomic E-state index is 2.49. The van der Waals surface area contributed by atoms with E-state index in [4.69, 9.17) is 0 Å². The third-order valence-electron chi connectivity index (χ3n) is 30.8. The van der Waals surface area contributed by atoms with Crippen LogP contribution in [0.2, 0.25) is 0 Å². The highest BCUT2D eigenvalue weighted by Gasteiger charge is 2.53. The molecule has 14 fully saturated rings. The fraction of sp³-hybridized carbons (Fsp3) is 1.00. The van der Waals surface area contributed by atoms with Gasteiger partial charge in [0.15, 0.2) is 0 Å². The Balaban J connectivity index is 0.000000128. The van der Waals surface area contributed by atoms with Crippen LogP contribution in [0.15, 0.2) is 0 Å². The average molecular weight is 1160 g/mol. The molecule has 0 aromatic rings. The van der Waals surface area contributed by atoms with Gasteiger partial charge in [-0.2, -0.15) is 0 Å². The van der Waals surface area contributed by atoms with E-state index in [1.54, 1.807) is 116 Å². The van der Waals surface area contributed by atoms with Gasteiger partial charge in [0, 0.05) is 0 Å². The summed E-state index contributed by atoms with van der Waals surface area (Å²) >= 11 is 0. The van der Waals surface area contributed by atoms with Gasteiger partial charge in [-0.1, -0.05) is 181 Å². The minimum atomic E-state index is 0.571. The van der Waals surface area contributed by atoms with E-state index in [0.29, 0.717) is 5.41 Å². The first-order chi connectivity index (χ1) is 39.7. The van der Waals surface area contributed by atoms with E-state index in [0.717, 1.165) is 121 Å². The fourth-order valence-electron chi connectivity index (χ4n) is 22.8. The van der Waals surface area contributed by atoms with Crippen LogP contribution in [-0.4, -0.2) is 0 Å². The van der Waals surface area contributed by atoms with Crippen LogP contribution in [0.4, 0.5) is 0 Å². The van der Waals surface area contributed by atoms with Crippen molar-refractivity contribution >= 4 is 0 Å². The normalized spacial score (nSPS) is 37.3. The first kappa shape index (κ1) is 69.9. The van der Waals surface area contributed by atoms with Crippen molar-refractivity contribution in [2.75, 3.05) is 0 Å². The van der Waals surface area contributed by atoms with Crippen LogP contribution >= 0.6 is 0 Å². The van der Waals surface area contributed by atoms with Gasteiger partial charge in [-0.3, -0.25) is 0 Å². The SMILES string of the molecule is CC(C)(C)C1CC2CCC(C2)C1.CC(C)C12CCC(C)(CC1)C2.CC(C)C12CCC(CC1)C2.CC(C)C1CCC2(CC1)CC2.CC(C)C1CCC2(CCC2)CC1.CC(C)C1CCC2(CCCCC2)CC1.CC(C)C1CCCC2(CCCCC2)C1. The van der Waals surface area contributed by atoms with E-state index in [2.05, 4.69) is 111 Å². The highest BCUT2D eigenvalue weighted by atomic mass is 14.6. The molecule has 0 nitrogen and oxygen atoms in total. The summed E-state index contributed by atoms with van der Waals surface area (Å²) in [5.74, 6) is 14.1. The topological polar surface area (TPSA) is 0 Å². The van der Waals surface area contributed by atoms with Crippen LogP contribution in [0.3, 0.4) is 0 Å². The Labute approximate surface area is 529 Å². The van der Waals surface area contributed by atoms with Gasteiger partial charge in [-0.25, -0.2) is 0 Å². The molecular formula is C84H154. The van der Waals surface area contributed by atoms with Gasteiger partial charge >= 0.3 is 0 Å². The van der Waals surface area contributed by atoms with Gasteiger partial charge in [-0.05, 0) is 351 Å². The molecule has 0 heteroatoms. The molecule has 0 radical (unpaired) electrons. The Morgan fingerprint density at radius 3 is 0.952 bits per heavy atom. The van der Waals surface area contributed by atoms with Crippen molar-refractivity contribution < 1.29 is 0 Å². The lowest BCUT2D eigenvalue weighted by Gasteiger charge is -2.47. The molecule has 0 aromatic heterocycles. The maximum atomic E-state index is 2.49. The maximum Gasteiger partial charge on any atom is -0.0269 e. The molecule has 84 heavy (non-hydrogen) atoms. The van der Waals surface area contributed by atoms with Gasteiger partial charge in [0.2, 0.25) is 0 Å². The Morgan fingerprint density at radius 2 is 0.667 bits per heavy atom. The van der Waals surface area contributed by atoms with Gasteiger partial charge in [-0.15, -0.1) is 0 Å². The molecule has 4 spiro atoms. The lowest BCUT2D eigenvalue weighted by Crippen LogP contribution is -2.34. The van der Waals surface area contributed by atoms with Crippen molar-refractivity contribution in [3.63, 3.8) is 0 Å². The minimum absolute atomic E-state index is 0.571. The summed E-state index contributed by atoms with van der Waals surface area (Å²) in [7, 11) is 0. The zero-order chi connectivity index (χ0) is 60.6. The molecule has 14 rings (SSSR count). The molecule has 3 atom stereocenters. The lowest BCUT2D eigenvalue weighted by molar-refractivity contribution is 0.0449. The van der Waals surface area contributed by atoms with Crippen molar-refractivity contribution in [1.82, 2.24) is 0 Å². The van der Waals surface area contributed by atoms with Crippen LogP contribution in [0.25, 0.3) is 0 Å².